The van der Waals surface area contributed by atoms with E-state index in [9.17, 15) is 22.8 Å². The van der Waals surface area contributed by atoms with Crippen molar-refractivity contribution in [1.82, 2.24) is 4.90 Å². The minimum atomic E-state index is -4.48. The summed E-state index contributed by atoms with van der Waals surface area (Å²) in [5.41, 5.74) is -0.246. The van der Waals surface area contributed by atoms with Crippen molar-refractivity contribution < 1.29 is 22.8 Å². The number of aliphatic imine (C=N–C) groups is 1. The molecule has 152 valence electrons. The smallest absolute Gasteiger partial charge is 0.326 e. The van der Waals surface area contributed by atoms with E-state index in [0.29, 0.717) is 10.7 Å². The van der Waals surface area contributed by atoms with Gasteiger partial charge in [0, 0.05) is 24.2 Å². The summed E-state index contributed by atoms with van der Waals surface area (Å²) in [4.78, 5) is 30.1. The molecule has 3 rings (SSSR count). The molecular formula is C19H15ClF3N3O2S. The highest BCUT2D eigenvalue weighted by molar-refractivity contribution is 8.15. The van der Waals surface area contributed by atoms with Gasteiger partial charge in [0.15, 0.2) is 5.17 Å². The van der Waals surface area contributed by atoms with E-state index >= 15 is 0 Å². The van der Waals surface area contributed by atoms with Crippen LogP contribution in [0.25, 0.3) is 0 Å². The second kappa shape index (κ2) is 8.46. The third-order valence-corrected chi connectivity index (χ3v) is 5.48. The standard InChI is InChI=1S/C19H15ClF3N3O2S/c1-26-17(28)15(10-16(27)24-14-7-3-5-12(20)9-14)29-18(26)25-13-6-2-4-11(8-13)19(21,22)23/h2-9,15H,10H2,1H3,(H,24,27). The number of amides is 2. The van der Waals surface area contributed by atoms with Crippen LogP contribution in [0.5, 0.6) is 0 Å². The summed E-state index contributed by atoms with van der Waals surface area (Å²) in [5, 5.41) is 2.64. The zero-order valence-corrected chi connectivity index (χ0v) is 16.6. The predicted octanol–water partition coefficient (Wildman–Crippen LogP) is 4.95. The van der Waals surface area contributed by atoms with E-state index in [1.807, 2.05) is 0 Å². The molecule has 1 heterocycles. The normalized spacial score (nSPS) is 18.4. The number of amidine groups is 1. The summed E-state index contributed by atoms with van der Waals surface area (Å²) < 4.78 is 38.6. The van der Waals surface area contributed by atoms with E-state index in [2.05, 4.69) is 10.3 Å². The second-order valence-corrected chi connectivity index (χ2v) is 7.82. The predicted molar refractivity (Wildman–Crippen MR) is 107 cm³/mol. The fraction of sp³-hybridized carbons (Fsp3) is 0.211. The van der Waals surface area contributed by atoms with Gasteiger partial charge in [-0.3, -0.25) is 14.5 Å². The first-order valence-corrected chi connectivity index (χ1v) is 9.65. The average molecular weight is 442 g/mol. The Labute approximate surface area is 173 Å². The van der Waals surface area contributed by atoms with Crippen LogP contribution >= 0.6 is 23.4 Å². The molecule has 0 aliphatic carbocycles. The number of rotatable bonds is 4. The molecule has 2 aromatic rings. The molecular weight excluding hydrogens is 427 g/mol. The lowest BCUT2D eigenvalue weighted by Gasteiger charge is -2.10. The van der Waals surface area contributed by atoms with Gasteiger partial charge in [0.05, 0.1) is 11.3 Å². The Morgan fingerprint density at radius 1 is 1.24 bits per heavy atom. The Kier molecular flexibility index (Phi) is 6.18. The largest absolute Gasteiger partial charge is 0.416 e. The number of carbonyl (C=O) groups is 2. The number of halogens is 4. The summed E-state index contributed by atoms with van der Waals surface area (Å²) in [6.45, 7) is 0. The first-order valence-electron chi connectivity index (χ1n) is 8.39. The second-order valence-electron chi connectivity index (χ2n) is 6.21. The van der Waals surface area contributed by atoms with Gasteiger partial charge >= 0.3 is 6.18 Å². The summed E-state index contributed by atoms with van der Waals surface area (Å²) >= 11 is 6.91. The van der Waals surface area contributed by atoms with Crippen LogP contribution in [-0.2, 0) is 15.8 Å². The number of thioether (sulfide) groups is 1. The first-order chi connectivity index (χ1) is 13.6. The van der Waals surface area contributed by atoms with Crippen LogP contribution in [0.15, 0.2) is 53.5 Å². The fourth-order valence-corrected chi connectivity index (χ4v) is 3.95. The molecule has 29 heavy (non-hydrogen) atoms. The van der Waals surface area contributed by atoms with Crippen molar-refractivity contribution >= 4 is 51.7 Å². The van der Waals surface area contributed by atoms with Crippen LogP contribution in [0.1, 0.15) is 12.0 Å². The molecule has 0 aromatic heterocycles. The van der Waals surface area contributed by atoms with Gasteiger partial charge in [0.1, 0.15) is 5.25 Å². The first kappa shape index (κ1) is 21.2. The maximum Gasteiger partial charge on any atom is 0.416 e. The van der Waals surface area contributed by atoms with Crippen LogP contribution in [0.4, 0.5) is 24.5 Å². The highest BCUT2D eigenvalue weighted by Crippen LogP contribution is 2.34. The lowest BCUT2D eigenvalue weighted by molar-refractivity contribution is -0.137. The maximum absolute atomic E-state index is 12.9. The van der Waals surface area contributed by atoms with Crippen molar-refractivity contribution in [2.45, 2.75) is 17.8 Å². The van der Waals surface area contributed by atoms with E-state index in [4.69, 9.17) is 11.6 Å². The van der Waals surface area contributed by atoms with Crippen molar-refractivity contribution in [2.24, 2.45) is 4.99 Å². The number of hydrogen-bond donors (Lipinski definition) is 1. The number of carbonyl (C=O) groups excluding carboxylic acids is 2. The fourth-order valence-electron chi connectivity index (χ4n) is 2.61. The van der Waals surface area contributed by atoms with Gasteiger partial charge < -0.3 is 5.32 Å². The van der Waals surface area contributed by atoms with Crippen LogP contribution in [0.3, 0.4) is 0 Å². The van der Waals surface area contributed by atoms with Crippen LogP contribution in [0.2, 0.25) is 5.02 Å². The quantitative estimate of drug-likeness (QED) is 0.730. The molecule has 1 saturated heterocycles. The van der Waals surface area contributed by atoms with E-state index in [1.54, 1.807) is 24.3 Å². The third-order valence-electron chi connectivity index (χ3n) is 4.02. The van der Waals surface area contributed by atoms with E-state index < -0.39 is 17.0 Å². The summed E-state index contributed by atoms with van der Waals surface area (Å²) in [7, 11) is 1.47. The minimum Gasteiger partial charge on any atom is -0.326 e. The zero-order valence-electron chi connectivity index (χ0n) is 15.0. The molecule has 1 unspecified atom stereocenters. The number of nitrogens with one attached hydrogen (secondary N) is 1. The molecule has 10 heteroatoms. The molecule has 0 spiro atoms. The number of alkyl halides is 3. The van der Waals surface area contributed by atoms with Crippen molar-refractivity contribution in [3.8, 4) is 0 Å². The van der Waals surface area contributed by atoms with Crippen molar-refractivity contribution in [3.63, 3.8) is 0 Å². The molecule has 2 aromatic carbocycles. The Bertz CT molecular complexity index is 981. The number of benzene rings is 2. The van der Waals surface area contributed by atoms with Gasteiger partial charge in [-0.25, -0.2) is 4.99 Å². The van der Waals surface area contributed by atoms with Crippen LogP contribution in [-0.4, -0.2) is 34.2 Å². The van der Waals surface area contributed by atoms with Gasteiger partial charge in [-0.2, -0.15) is 13.2 Å². The lowest BCUT2D eigenvalue weighted by atomic mass is 10.2. The Morgan fingerprint density at radius 3 is 2.66 bits per heavy atom. The molecule has 1 aliphatic heterocycles. The average Bonchev–Trinajstić information content (AvgIpc) is 2.89. The van der Waals surface area contributed by atoms with Gasteiger partial charge in [-0.05, 0) is 36.4 Å². The number of nitrogens with zero attached hydrogens (tertiary/aromatic N) is 2. The van der Waals surface area contributed by atoms with Crippen molar-refractivity contribution in [2.75, 3.05) is 12.4 Å². The van der Waals surface area contributed by atoms with Crippen molar-refractivity contribution in [3.05, 3.63) is 59.1 Å². The highest BCUT2D eigenvalue weighted by Gasteiger charge is 2.37. The SMILES string of the molecule is CN1C(=O)C(CC(=O)Nc2cccc(Cl)c2)SC1=Nc1cccc(C(F)(F)F)c1. The molecule has 5 nitrogen and oxygen atoms in total. The van der Waals surface area contributed by atoms with Gasteiger partial charge in [-0.15, -0.1) is 0 Å². The Morgan fingerprint density at radius 2 is 1.97 bits per heavy atom. The van der Waals surface area contributed by atoms with Crippen molar-refractivity contribution in [1.29, 1.82) is 0 Å². The molecule has 0 radical (unpaired) electrons. The zero-order chi connectivity index (χ0) is 21.2. The van der Waals surface area contributed by atoms with E-state index in [0.717, 1.165) is 23.9 Å². The lowest BCUT2D eigenvalue weighted by Crippen LogP contribution is -2.30. The molecule has 0 saturated carbocycles. The Balaban J connectivity index is 1.71. The summed E-state index contributed by atoms with van der Waals surface area (Å²) in [6.07, 6.45) is -4.59. The molecule has 0 bridgehead atoms. The topological polar surface area (TPSA) is 61.8 Å². The minimum absolute atomic E-state index is 0.0750. The molecule has 1 N–H and O–H groups in total. The van der Waals surface area contributed by atoms with Crippen LogP contribution in [0, 0.1) is 0 Å². The highest BCUT2D eigenvalue weighted by atomic mass is 35.5. The number of hydrogen-bond acceptors (Lipinski definition) is 4. The summed E-state index contributed by atoms with van der Waals surface area (Å²) in [5.74, 6) is -0.728. The van der Waals surface area contributed by atoms with Gasteiger partial charge in [-0.1, -0.05) is 35.5 Å². The third kappa shape index (κ3) is 5.30. The van der Waals surface area contributed by atoms with E-state index in [-0.39, 0.29) is 29.1 Å². The van der Waals surface area contributed by atoms with Gasteiger partial charge in [0.2, 0.25) is 11.8 Å². The molecule has 1 atom stereocenters. The number of anilines is 1. The summed E-state index contributed by atoms with van der Waals surface area (Å²) in [6, 6.07) is 11.1. The van der Waals surface area contributed by atoms with Crippen LogP contribution < -0.4 is 5.32 Å². The van der Waals surface area contributed by atoms with Gasteiger partial charge in [0.25, 0.3) is 0 Å². The van der Waals surface area contributed by atoms with E-state index in [1.165, 1.54) is 24.1 Å². The molecule has 2 amide bonds. The molecule has 1 aliphatic rings. The Hall–Kier alpha value is -2.52. The molecule has 1 fully saturated rings. The maximum atomic E-state index is 12.9. The monoisotopic (exact) mass is 441 g/mol.